The largest absolute Gasteiger partial charge is 0.299 e. The Bertz CT molecular complexity index is 226. The van der Waals surface area contributed by atoms with Crippen molar-refractivity contribution in [1.82, 2.24) is 0 Å². The van der Waals surface area contributed by atoms with Crippen LogP contribution in [0.5, 0.6) is 0 Å². The molecule has 0 radical (unpaired) electrons. The molecule has 0 aromatic heterocycles. The van der Waals surface area contributed by atoms with Gasteiger partial charge in [-0.15, -0.1) is 0 Å². The lowest BCUT2D eigenvalue weighted by atomic mass is 9.69. The lowest BCUT2D eigenvalue weighted by Crippen LogP contribution is -2.29. The predicted octanol–water partition coefficient (Wildman–Crippen LogP) is 4.45. The van der Waals surface area contributed by atoms with Gasteiger partial charge in [0.15, 0.2) is 0 Å². The van der Waals surface area contributed by atoms with Gasteiger partial charge in [-0.05, 0) is 42.9 Å². The van der Waals surface area contributed by atoms with Crippen LogP contribution >= 0.6 is 0 Å². The summed E-state index contributed by atoms with van der Waals surface area (Å²) >= 11 is 0. The van der Waals surface area contributed by atoms with E-state index in [0.717, 1.165) is 25.2 Å². The number of Topliss-reactive ketones (excluding diaryl/α,β-unsaturated/α-hetero) is 1. The molecule has 0 heterocycles. The van der Waals surface area contributed by atoms with Crippen molar-refractivity contribution in [3.63, 3.8) is 0 Å². The first-order valence-corrected chi connectivity index (χ1v) is 6.83. The summed E-state index contributed by atoms with van der Waals surface area (Å²) < 4.78 is 0. The summed E-state index contributed by atoms with van der Waals surface area (Å²) in [7, 11) is 0. The maximum atomic E-state index is 12.0. The molecule has 1 heteroatoms. The van der Waals surface area contributed by atoms with Gasteiger partial charge in [0.1, 0.15) is 5.78 Å². The molecule has 0 aromatic carbocycles. The summed E-state index contributed by atoms with van der Waals surface area (Å²) in [5.41, 5.74) is 0.423. The molecular weight excluding hydrogens is 196 g/mol. The summed E-state index contributed by atoms with van der Waals surface area (Å²) in [6.07, 6.45) is 5.54. The second-order valence-corrected chi connectivity index (χ2v) is 6.98. The minimum absolute atomic E-state index is 0.376. The summed E-state index contributed by atoms with van der Waals surface area (Å²) in [5, 5.41) is 0. The molecule has 1 rings (SSSR count). The quantitative estimate of drug-likeness (QED) is 0.692. The topological polar surface area (TPSA) is 17.1 Å². The SMILES string of the molecule is CC(C)CC(=O)C1CCC(C(C)(C)C)CC1. The number of carbonyl (C=O) groups is 1. The van der Waals surface area contributed by atoms with E-state index in [2.05, 4.69) is 34.6 Å². The van der Waals surface area contributed by atoms with E-state index >= 15 is 0 Å². The van der Waals surface area contributed by atoms with E-state index in [1.54, 1.807) is 0 Å². The van der Waals surface area contributed by atoms with Gasteiger partial charge in [0.2, 0.25) is 0 Å². The van der Waals surface area contributed by atoms with Gasteiger partial charge in [0.25, 0.3) is 0 Å². The Morgan fingerprint density at radius 3 is 2.00 bits per heavy atom. The third kappa shape index (κ3) is 3.92. The smallest absolute Gasteiger partial charge is 0.136 e. The minimum Gasteiger partial charge on any atom is -0.299 e. The molecular formula is C15H28O. The van der Waals surface area contributed by atoms with E-state index in [1.165, 1.54) is 12.8 Å². The van der Waals surface area contributed by atoms with Gasteiger partial charge in [-0.25, -0.2) is 0 Å². The van der Waals surface area contributed by atoms with E-state index in [-0.39, 0.29) is 0 Å². The average molecular weight is 224 g/mol. The Kier molecular flexibility index (Phi) is 4.58. The van der Waals surface area contributed by atoms with Crippen molar-refractivity contribution in [1.29, 1.82) is 0 Å². The molecule has 94 valence electrons. The van der Waals surface area contributed by atoms with Crippen LogP contribution in [0.4, 0.5) is 0 Å². The second kappa shape index (κ2) is 5.33. The van der Waals surface area contributed by atoms with Gasteiger partial charge >= 0.3 is 0 Å². The molecule has 16 heavy (non-hydrogen) atoms. The van der Waals surface area contributed by atoms with E-state index in [1.807, 2.05) is 0 Å². The van der Waals surface area contributed by atoms with Crippen LogP contribution in [0.25, 0.3) is 0 Å². The number of hydrogen-bond donors (Lipinski definition) is 0. The molecule has 0 saturated heterocycles. The van der Waals surface area contributed by atoms with E-state index in [9.17, 15) is 4.79 Å². The van der Waals surface area contributed by atoms with Crippen LogP contribution in [0.2, 0.25) is 0 Å². The zero-order valence-corrected chi connectivity index (χ0v) is 11.7. The summed E-state index contributed by atoms with van der Waals surface area (Å²) in [6.45, 7) is 11.3. The fourth-order valence-corrected chi connectivity index (χ4v) is 2.85. The Hall–Kier alpha value is -0.330. The van der Waals surface area contributed by atoms with Gasteiger partial charge in [0, 0.05) is 12.3 Å². The zero-order valence-electron chi connectivity index (χ0n) is 11.7. The summed E-state index contributed by atoms with van der Waals surface area (Å²) in [5.74, 6) is 2.23. The Morgan fingerprint density at radius 1 is 1.12 bits per heavy atom. The highest BCUT2D eigenvalue weighted by atomic mass is 16.1. The van der Waals surface area contributed by atoms with Crippen molar-refractivity contribution in [2.24, 2.45) is 23.2 Å². The average Bonchev–Trinajstić information content (AvgIpc) is 2.15. The minimum atomic E-state index is 0.376. The van der Waals surface area contributed by atoms with E-state index in [4.69, 9.17) is 0 Å². The van der Waals surface area contributed by atoms with Crippen molar-refractivity contribution in [3.05, 3.63) is 0 Å². The Labute approximate surface area is 101 Å². The van der Waals surface area contributed by atoms with Crippen LogP contribution < -0.4 is 0 Å². The molecule has 1 fully saturated rings. The fraction of sp³-hybridized carbons (Fsp3) is 0.933. The number of hydrogen-bond acceptors (Lipinski definition) is 1. The number of rotatable bonds is 3. The molecule has 1 nitrogen and oxygen atoms in total. The standard InChI is InChI=1S/C15H28O/c1-11(2)10-14(16)12-6-8-13(9-7-12)15(3,4)5/h11-13H,6-10H2,1-5H3. The van der Waals surface area contributed by atoms with Crippen molar-refractivity contribution in [3.8, 4) is 0 Å². The van der Waals surface area contributed by atoms with Crippen LogP contribution in [-0.2, 0) is 4.79 Å². The van der Waals surface area contributed by atoms with Gasteiger partial charge in [0.05, 0.1) is 0 Å². The van der Waals surface area contributed by atoms with Crippen molar-refractivity contribution < 1.29 is 4.79 Å². The molecule has 1 aliphatic rings. The highest BCUT2D eigenvalue weighted by Crippen LogP contribution is 2.40. The fourth-order valence-electron chi connectivity index (χ4n) is 2.85. The highest BCUT2D eigenvalue weighted by molar-refractivity contribution is 5.81. The molecule has 0 amide bonds. The van der Waals surface area contributed by atoms with E-state index in [0.29, 0.717) is 23.0 Å². The maximum Gasteiger partial charge on any atom is 0.136 e. The van der Waals surface area contributed by atoms with Crippen LogP contribution in [0.1, 0.15) is 66.7 Å². The maximum absolute atomic E-state index is 12.0. The zero-order chi connectivity index (χ0) is 12.3. The molecule has 0 aromatic rings. The first-order valence-electron chi connectivity index (χ1n) is 6.83. The summed E-state index contributed by atoms with van der Waals surface area (Å²) in [6, 6.07) is 0. The van der Waals surface area contributed by atoms with Crippen LogP contribution in [0.15, 0.2) is 0 Å². The van der Waals surface area contributed by atoms with Crippen molar-refractivity contribution in [2.75, 3.05) is 0 Å². The van der Waals surface area contributed by atoms with Gasteiger partial charge in [-0.1, -0.05) is 34.6 Å². The molecule has 1 aliphatic carbocycles. The lowest BCUT2D eigenvalue weighted by molar-refractivity contribution is -0.125. The molecule has 0 unspecified atom stereocenters. The Balaban J connectivity index is 2.40. The van der Waals surface area contributed by atoms with Crippen LogP contribution in [0.3, 0.4) is 0 Å². The first-order chi connectivity index (χ1) is 7.30. The van der Waals surface area contributed by atoms with E-state index < -0.39 is 0 Å². The van der Waals surface area contributed by atoms with Crippen molar-refractivity contribution in [2.45, 2.75) is 66.7 Å². The molecule has 0 bridgehead atoms. The normalized spacial score (nSPS) is 27.1. The molecule has 1 saturated carbocycles. The van der Waals surface area contributed by atoms with Gasteiger partial charge < -0.3 is 0 Å². The predicted molar refractivity (Wildman–Crippen MR) is 69.4 cm³/mol. The third-order valence-electron chi connectivity index (χ3n) is 4.02. The second-order valence-electron chi connectivity index (χ2n) is 6.98. The molecule has 0 spiro atoms. The number of ketones is 1. The number of carbonyl (C=O) groups excluding carboxylic acids is 1. The van der Waals surface area contributed by atoms with Crippen LogP contribution in [0, 0.1) is 23.2 Å². The monoisotopic (exact) mass is 224 g/mol. The van der Waals surface area contributed by atoms with Crippen LogP contribution in [-0.4, -0.2) is 5.78 Å². The molecule has 0 N–H and O–H groups in total. The Morgan fingerprint density at radius 2 is 1.62 bits per heavy atom. The van der Waals surface area contributed by atoms with Crippen molar-refractivity contribution >= 4 is 5.78 Å². The lowest BCUT2D eigenvalue weighted by Gasteiger charge is -2.36. The van der Waals surface area contributed by atoms with Gasteiger partial charge in [-0.3, -0.25) is 4.79 Å². The summed E-state index contributed by atoms with van der Waals surface area (Å²) in [4.78, 5) is 12.0. The molecule has 0 atom stereocenters. The highest BCUT2D eigenvalue weighted by Gasteiger charge is 2.32. The first kappa shape index (κ1) is 13.7. The van der Waals surface area contributed by atoms with Gasteiger partial charge in [-0.2, -0.15) is 0 Å². The molecule has 0 aliphatic heterocycles. The third-order valence-corrected chi connectivity index (χ3v) is 4.02.